The van der Waals surface area contributed by atoms with Gasteiger partial charge in [0.1, 0.15) is 26.4 Å². The van der Waals surface area contributed by atoms with Gasteiger partial charge in [0, 0.05) is 88.6 Å². The van der Waals surface area contributed by atoms with Gasteiger partial charge in [-0.05, 0) is 176 Å². The summed E-state index contributed by atoms with van der Waals surface area (Å²) >= 11 is 0. The zero-order valence-electron chi connectivity index (χ0n) is 63.8. The van der Waals surface area contributed by atoms with Gasteiger partial charge in [0.05, 0.1) is 50.1 Å². The first-order valence-electron chi connectivity index (χ1n) is 40.6. The van der Waals surface area contributed by atoms with Crippen LogP contribution in [0.1, 0.15) is 212 Å². The molecule has 0 N–H and O–H groups in total. The van der Waals surface area contributed by atoms with Crippen molar-refractivity contribution in [3.05, 3.63) is 0 Å². The van der Waals surface area contributed by atoms with Gasteiger partial charge in [0.25, 0.3) is 0 Å². The highest BCUT2D eigenvalue weighted by atomic mass is 17.3. The third kappa shape index (κ3) is 13.1. The molecule has 16 aliphatic heterocycles. The van der Waals surface area contributed by atoms with Crippen LogP contribution in [0.3, 0.4) is 0 Å². The highest BCUT2D eigenvalue weighted by Gasteiger charge is 2.74. The Morgan fingerprint density at radius 2 is 0.519 bits per heavy atom. The molecule has 0 aromatic rings. The van der Waals surface area contributed by atoms with Crippen molar-refractivity contribution >= 4 is 23.9 Å². The van der Waals surface area contributed by atoms with Gasteiger partial charge in [-0.3, -0.25) is 29.0 Å². The van der Waals surface area contributed by atoms with E-state index in [4.69, 9.17) is 95.9 Å². The number of carbonyl (C=O) groups excluding carboxylic acids is 4. The Morgan fingerprint density at radius 3 is 0.740 bits per heavy atom. The summed E-state index contributed by atoms with van der Waals surface area (Å²) in [5, 5.41) is 0. The smallest absolute Gasteiger partial charge is 0.308 e. The van der Waals surface area contributed by atoms with E-state index in [-0.39, 0.29) is 123 Å². The van der Waals surface area contributed by atoms with Crippen molar-refractivity contribution in [3.8, 4) is 0 Å². The maximum atomic E-state index is 14.2. The van der Waals surface area contributed by atoms with Crippen LogP contribution in [0, 0.1) is 94.7 Å². The van der Waals surface area contributed by atoms with Crippen molar-refractivity contribution in [2.24, 2.45) is 94.7 Å². The van der Waals surface area contributed by atoms with Crippen LogP contribution >= 0.6 is 0 Å². The minimum atomic E-state index is -0.953. The van der Waals surface area contributed by atoms with E-state index < -0.39 is 119 Å². The maximum absolute atomic E-state index is 14.2. The van der Waals surface area contributed by atoms with Crippen molar-refractivity contribution in [1.29, 1.82) is 0 Å². The van der Waals surface area contributed by atoms with Gasteiger partial charge >= 0.3 is 23.9 Å². The summed E-state index contributed by atoms with van der Waals surface area (Å²) in [6.07, 6.45) is 9.52. The Balaban J connectivity index is 0.592. The van der Waals surface area contributed by atoms with Gasteiger partial charge in [-0.2, -0.15) is 0 Å². The lowest BCUT2D eigenvalue weighted by Gasteiger charge is -2.60. The van der Waals surface area contributed by atoms with Gasteiger partial charge in [-0.1, -0.05) is 55.4 Å². The monoisotopic (exact) mass is 1470 g/mol. The molecular formula is C78H120N2O24. The number of hydrogen-bond acceptors (Lipinski definition) is 26. The number of nitrogens with zero attached hydrogens (tertiary/aromatic N) is 2. The standard InChI is InChI=1S/C78H120N2O24/c1-43-13-17-55-47(5)59(89-67-75(55)51(43)21-25-71(9,93-67)97-101-75)39-63(81)85-35-31-79(32-36-86-64(82)40-60-48(6)56-18-14-44(2)52-22-26-72(10)94-68(90-60)76(52,56)102-98-72)29-30-80(33-37-87-65(83)41-61-49(7)57-19-15-45(3)53-23-27-73(11)95-69(91-61)77(53,57)103-99-73)34-38-88-66(84)42-62-50(8)58-20-16-46(4)54-24-28-74(12)96-70(92-62)78(54,58)104-100-74/h43-62,67-70H,13-42H2,1-12H3/t43-,44-,45-,46-,47-,48-,49-,50-,51+,52+,53+,54+,55+,56+,57+,58+,59?,60?,61?,62?,67-,68-,69-,70-,71?,72?,73?,74?,75-,76-,77-,78-/m1/s1. The summed E-state index contributed by atoms with van der Waals surface area (Å²) in [6.45, 7) is 27.4. The molecule has 26 heteroatoms. The molecule has 104 heavy (non-hydrogen) atoms. The molecule has 0 aromatic carbocycles. The molecular weight excluding hydrogens is 1350 g/mol. The second-order valence-corrected chi connectivity index (χ2v) is 36.2. The summed E-state index contributed by atoms with van der Waals surface area (Å²) < 4.78 is 78.2. The second-order valence-electron chi connectivity index (χ2n) is 36.2. The Hall–Kier alpha value is -2.84. The highest BCUT2D eigenvalue weighted by molar-refractivity contribution is 5.71. The summed E-state index contributed by atoms with van der Waals surface area (Å²) in [6, 6.07) is 0. The van der Waals surface area contributed by atoms with Crippen LogP contribution in [0.4, 0.5) is 0 Å². The Kier molecular flexibility index (Phi) is 20.8. The average Bonchev–Trinajstić information content (AvgIpc) is 1.29. The Bertz CT molecular complexity index is 2740. The van der Waals surface area contributed by atoms with Crippen LogP contribution in [0.25, 0.3) is 0 Å². The lowest BCUT2D eigenvalue weighted by atomic mass is 9.57. The lowest BCUT2D eigenvalue weighted by molar-refractivity contribution is -0.571. The first-order valence-corrected chi connectivity index (χ1v) is 40.6. The van der Waals surface area contributed by atoms with Crippen LogP contribution in [0.2, 0.25) is 0 Å². The van der Waals surface area contributed by atoms with E-state index >= 15 is 0 Å². The van der Waals surface area contributed by atoms with Crippen LogP contribution in [0.5, 0.6) is 0 Å². The maximum Gasteiger partial charge on any atom is 0.308 e. The highest BCUT2D eigenvalue weighted by Crippen LogP contribution is 2.66. The zero-order chi connectivity index (χ0) is 72.7. The van der Waals surface area contributed by atoms with E-state index in [1.54, 1.807) is 0 Å². The lowest BCUT2D eigenvalue weighted by Crippen LogP contribution is -2.70. The van der Waals surface area contributed by atoms with Crippen LogP contribution in [-0.4, -0.2) is 195 Å². The first kappa shape index (κ1) is 75.2. The van der Waals surface area contributed by atoms with Crippen molar-refractivity contribution in [1.82, 2.24) is 9.80 Å². The third-order valence-electron chi connectivity index (χ3n) is 30.1. The average molecular weight is 1470 g/mol. The summed E-state index contributed by atoms with van der Waals surface area (Å²) in [5.74, 6) is -3.05. The van der Waals surface area contributed by atoms with E-state index in [1.807, 2.05) is 27.7 Å². The number of esters is 4. The van der Waals surface area contributed by atoms with Gasteiger partial charge in [0.15, 0.2) is 47.6 Å². The van der Waals surface area contributed by atoms with E-state index in [0.717, 1.165) is 77.0 Å². The minimum Gasteiger partial charge on any atom is -0.464 e. The molecule has 0 aromatic heterocycles. The molecule has 20 aliphatic rings. The van der Waals surface area contributed by atoms with E-state index in [2.05, 4.69) is 65.2 Å². The SMILES string of the molecule is C[C@@H]1CC[C@H]2[C@@H](C)C(CC(=O)OCCN(CCOC(=O)CC3O[C@@H]4OC5(C)CC[C@H]6[C@H](C)CC[C@@H]([C@H]3C)[C@@]46OO5)CCN(CCOC(=O)CC3O[C@@H]4OC5(C)CC[C@H]6[C@H](C)CC[C@@H]([C@H]3C)[C@@]46OO5)CCOC(=O)CC3O[C@@H]4OC5(C)CC[C@H]6[C@H](C)CC[C@@H]([C@H]3C)[C@@]46OO5)O[C@@H]3OC4(C)CC[C@@H]1[C@]32OO4. The molecule has 16 heterocycles. The molecule has 32 atom stereocenters. The van der Waals surface area contributed by atoms with E-state index in [0.29, 0.717) is 88.6 Å². The summed E-state index contributed by atoms with van der Waals surface area (Å²) in [5.41, 5.74) is -3.04. The zero-order valence-corrected chi connectivity index (χ0v) is 63.8. The second kappa shape index (κ2) is 28.7. The minimum absolute atomic E-state index is 0.0238. The first-order chi connectivity index (χ1) is 49.7. The fraction of sp³-hybridized carbons (Fsp3) is 0.949. The van der Waals surface area contributed by atoms with Crippen molar-refractivity contribution in [2.45, 2.75) is 307 Å². The normalized spacial score (nSPS) is 50.6. The fourth-order valence-electron chi connectivity index (χ4n) is 23.8. The van der Waals surface area contributed by atoms with E-state index in [1.165, 1.54) is 0 Å². The Labute approximate surface area is 613 Å². The molecule has 8 unspecified atom stereocenters. The quantitative estimate of drug-likeness (QED) is 0.0523. The number of ether oxygens (including phenoxy) is 12. The fourth-order valence-corrected chi connectivity index (χ4v) is 23.8. The molecule has 20 fully saturated rings. The van der Waals surface area contributed by atoms with Crippen molar-refractivity contribution in [2.75, 3.05) is 65.7 Å². The molecule has 8 bridgehead atoms. The molecule has 4 aliphatic carbocycles. The molecule has 586 valence electrons. The summed E-state index contributed by atoms with van der Waals surface area (Å²) in [4.78, 5) is 111. The predicted octanol–water partition coefficient (Wildman–Crippen LogP) is 10.3. The molecule has 0 radical (unpaired) electrons. The molecule has 4 saturated carbocycles. The number of fused-ring (bicyclic) bond motifs is 8. The number of hydrogen-bond donors (Lipinski definition) is 0. The van der Waals surface area contributed by atoms with E-state index in [9.17, 15) is 19.2 Å². The van der Waals surface area contributed by atoms with Gasteiger partial charge in [-0.15, -0.1) is 0 Å². The summed E-state index contributed by atoms with van der Waals surface area (Å²) in [7, 11) is 0. The molecule has 16 saturated heterocycles. The Morgan fingerprint density at radius 1 is 0.298 bits per heavy atom. The van der Waals surface area contributed by atoms with Crippen molar-refractivity contribution in [3.63, 3.8) is 0 Å². The van der Waals surface area contributed by atoms with Gasteiger partial charge in [-0.25, -0.2) is 39.1 Å². The molecule has 0 amide bonds. The molecule has 4 spiro atoms. The number of rotatable bonds is 23. The third-order valence-corrected chi connectivity index (χ3v) is 30.1. The van der Waals surface area contributed by atoms with Gasteiger partial charge in [0.2, 0.25) is 23.1 Å². The topological polar surface area (TPSA) is 259 Å². The van der Waals surface area contributed by atoms with Crippen LogP contribution in [-0.2, 0) is 115 Å². The molecule has 26 nitrogen and oxygen atoms in total. The van der Waals surface area contributed by atoms with Crippen LogP contribution < -0.4 is 0 Å². The van der Waals surface area contributed by atoms with Crippen molar-refractivity contribution < 1.29 is 115 Å². The predicted molar refractivity (Wildman–Crippen MR) is 362 cm³/mol. The molecule has 20 rings (SSSR count). The largest absolute Gasteiger partial charge is 0.464 e. The van der Waals surface area contributed by atoms with Gasteiger partial charge < -0.3 is 56.8 Å². The number of carbonyl (C=O) groups is 4. The van der Waals surface area contributed by atoms with Crippen LogP contribution in [0.15, 0.2) is 0 Å².